The second-order valence-electron chi connectivity index (χ2n) is 6.08. The zero-order chi connectivity index (χ0) is 17.9. The Morgan fingerprint density at radius 2 is 1.84 bits per heavy atom. The zero-order valence-electron chi connectivity index (χ0n) is 14.3. The van der Waals surface area contributed by atoms with Gasteiger partial charge >= 0.3 is 0 Å². The number of aromatic nitrogens is 4. The number of rotatable bonds is 2. The molecule has 0 saturated heterocycles. The average molecular weight is 375 g/mol. The first-order valence-electron chi connectivity index (χ1n) is 7.84. The van der Waals surface area contributed by atoms with Gasteiger partial charge in [0, 0.05) is 16.8 Å². The summed E-state index contributed by atoms with van der Waals surface area (Å²) in [6.45, 7) is 7.78. The Balaban J connectivity index is 2.02. The number of fused-ring (bicyclic) bond motifs is 1. The first-order chi connectivity index (χ1) is 11.9. The number of hydrogen-bond acceptors (Lipinski definition) is 3. The highest BCUT2D eigenvalue weighted by Crippen LogP contribution is 2.36. The van der Waals surface area contributed by atoms with Gasteiger partial charge in [0.1, 0.15) is 23.0 Å². The molecule has 0 aliphatic rings. The number of benzene rings is 1. The Kier molecular flexibility index (Phi) is 3.67. The van der Waals surface area contributed by atoms with Crippen molar-refractivity contribution < 1.29 is 4.42 Å². The minimum absolute atomic E-state index is 0.558. The van der Waals surface area contributed by atoms with Gasteiger partial charge < -0.3 is 4.42 Å². The highest BCUT2D eigenvalue weighted by Gasteiger charge is 2.23. The van der Waals surface area contributed by atoms with E-state index in [1.54, 1.807) is 10.6 Å². The summed E-state index contributed by atoms with van der Waals surface area (Å²) < 4.78 is 9.87. The van der Waals surface area contributed by atoms with E-state index < -0.39 is 0 Å². The van der Waals surface area contributed by atoms with Crippen molar-refractivity contribution in [3.05, 3.63) is 57.4 Å². The molecule has 0 atom stereocenters. The monoisotopic (exact) mass is 374 g/mol. The van der Waals surface area contributed by atoms with Crippen molar-refractivity contribution in [2.24, 2.45) is 0 Å². The van der Waals surface area contributed by atoms with E-state index in [9.17, 15) is 0 Å². The van der Waals surface area contributed by atoms with Gasteiger partial charge in [0.15, 0.2) is 0 Å². The largest absolute Gasteiger partial charge is 0.439 e. The number of oxazole rings is 1. The van der Waals surface area contributed by atoms with Crippen molar-refractivity contribution in [1.29, 1.82) is 0 Å². The maximum Gasteiger partial charge on any atom is 0.247 e. The topological polar surface area (TPSA) is 48.3 Å². The number of hydrogen-bond donors (Lipinski definition) is 0. The van der Waals surface area contributed by atoms with Crippen LogP contribution in [-0.2, 0) is 0 Å². The third kappa shape index (κ3) is 2.46. The minimum atomic E-state index is 0.558. The first kappa shape index (κ1) is 16.2. The van der Waals surface area contributed by atoms with Crippen LogP contribution in [0.25, 0.3) is 22.7 Å². The molecule has 0 unspecified atom stereocenters. The lowest BCUT2D eigenvalue weighted by Crippen LogP contribution is -1.96. The van der Waals surface area contributed by atoms with E-state index in [1.165, 1.54) is 0 Å². The molecule has 0 aliphatic carbocycles. The van der Waals surface area contributed by atoms with E-state index in [0.29, 0.717) is 15.8 Å². The van der Waals surface area contributed by atoms with Crippen LogP contribution in [0.3, 0.4) is 0 Å². The standard InChI is InChI=1S/C18H16Cl2N4O/c1-9-8-23(12(4)21-9)16-10(2)22-24-17(11(3)25-18(16)24)14-6-5-13(19)7-15(14)20/h5-8H,1-4H3. The molecule has 0 radical (unpaired) electrons. The van der Waals surface area contributed by atoms with E-state index in [1.807, 2.05) is 50.6 Å². The Morgan fingerprint density at radius 1 is 1.08 bits per heavy atom. The molecule has 0 fully saturated rings. The van der Waals surface area contributed by atoms with Gasteiger partial charge in [-0.2, -0.15) is 9.61 Å². The summed E-state index contributed by atoms with van der Waals surface area (Å²) in [5, 5.41) is 5.83. The first-order valence-corrected chi connectivity index (χ1v) is 8.59. The Bertz CT molecular complexity index is 1120. The SMILES string of the molecule is Cc1cn(-c2c(C)nn3c(-c4ccc(Cl)cc4Cl)c(C)oc23)c(C)n1. The lowest BCUT2D eigenvalue weighted by Gasteiger charge is -2.03. The van der Waals surface area contributed by atoms with Crippen LogP contribution in [0.1, 0.15) is 23.0 Å². The molecule has 0 bridgehead atoms. The van der Waals surface area contributed by atoms with Crippen LogP contribution in [0.4, 0.5) is 0 Å². The smallest absolute Gasteiger partial charge is 0.247 e. The van der Waals surface area contributed by atoms with Crippen molar-refractivity contribution >= 4 is 28.9 Å². The van der Waals surface area contributed by atoms with Gasteiger partial charge in [-0.15, -0.1) is 0 Å². The molecule has 1 aromatic carbocycles. The highest BCUT2D eigenvalue weighted by molar-refractivity contribution is 6.36. The summed E-state index contributed by atoms with van der Waals surface area (Å²) in [5.41, 5.74) is 5.00. The van der Waals surface area contributed by atoms with Gasteiger partial charge in [0.2, 0.25) is 5.71 Å². The lowest BCUT2D eigenvalue weighted by molar-refractivity contribution is 0.570. The summed E-state index contributed by atoms with van der Waals surface area (Å²) >= 11 is 12.4. The molecule has 0 N–H and O–H groups in total. The molecule has 25 heavy (non-hydrogen) atoms. The molecule has 5 nitrogen and oxygen atoms in total. The predicted octanol–water partition coefficient (Wildman–Crippen LogP) is 5.32. The molecule has 7 heteroatoms. The minimum Gasteiger partial charge on any atom is -0.439 e. The van der Waals surface area contributed by atoms with Gasteiger partial charge in [0.05, 0.1) is 16.4 Å². The van der Waals surface area contributed by atoms with Crippen molar-refractivity contribution in [2.45, 2.75) is 27.7 Å². The Hall–Kier alpha value is -2.24. The van der Waals surface area contributed by atoms with E-state index >= 15 is 0 Å². The number of imidazole rings is 1. The summed E-state index contributed by atoms with van der Waals surface area (Å²) in [6.07, 6.45) is 1.98. The van der Waals surface area contributed by atoms with Crippen LogP contribution in [-0.4, -0.2) is 19.2 Å². The van der Waals surface area contributed by atoms with Crippen LogP contribution in [0.15, 0.2) is 28.8 Å². The second-order valence-corrected chi connectivity index (χ2v) is 6.93. The number of aryl methyl sites for hydroxylation is 4. The van der Waals surface area contributed by atoms with Gasteiger partial charge in [-0.1, -0.05) is 23.2 Å². The molecule has 0 saturated carbocycles. The normalized spacial score (nSPS) is 11.6. The molecule has 0 aliphatic heterocycles. The molecule has 3 aromatic heterocycles. The van der Waals surface area contributed by atoms with Crippen molar-refractivity contribution in [2.75, 3.05) is 0 Å². The van der Waals surface area contributed by atoms with E-state index in [4.69, 9.17) is 27.6 Å². The fourth-order valence-corrected chi connectivity index (χ4v) is 3.69. The van der Waals surface area contributed by atoms with E-state index in [2.05, 4.69) is 10.1 Å². The molecular formula is C18H16Cl2N4O. The molecule has 0 spiro atoms. The summed E-state index contributed by atoms with van der Waals surface area (Å²) in [5.74, 6) is 1.62. The lowest BCUT2D eigenvalue weighted by atomic mass is 10.1. The summed E-state index contributed by atoms with van der Waals surface area (Å²) in [7, 11) is 0. The maximum atomic E-state index is 6.40. The molecule has 3 heterocycles. The van der Waals surface area contributed by atoms with Crippen molar-refractivity contribution in [3.63, 3.8) is 0 Å². The fraction of sp³-hybridized carbons (Fsp3) is 0.222. The molecule has 4 aromatic rings. The van der Waals surface area contributed by atoms with Crippen molar-refractivity contribution in [3.8, 4) is 16.9 Å². The van der Waals surface area contributed by atoms with Crippen LogP contribution in [0.2, 0.25) is 10.0 Å². The van der Waals surface area contributed by atoms with Gasteiger partial charge in [-0.3, -0.25) is 4.57 Å². The summed E-state index contributed by atoms with van der Waals surface area (Å²) in [6, 6.07) is 5.41. The van der Waals surface area contributed by atoms with Crippen molar-refractivity contribution in [1.82, 2.24) is 19.2 Å². The molecule has 128 valence electrons. The third-order valence-corrected chi connectivity index (χ3v) is 4.76. The molecule has 0 amide bonds. The fourth-order valence-electron chi connectivity index (χ4n) is 3.19. The van der Waals surface area contributed by atoms with Crippen LogP contribution in [0, 0.1) is 27.7 Å². The van der Waals surface area contributed by atoms with E-state index in [0.717, 1.165) is 39.9 Å². The van der Waals surface area contributed by atoms with Crippen LogP contribution in [0.5, 0.6) is 0 Å². The maximum absolute atomic E-state index is 6.40. The highest BCUT2D eigenvalue weighted by atomic mass is 35.5. The summed E-state index contributed by atoms with van der Waals surface area (Å²) in [4.78, 5) is 4.47. The zero-order valence-corrected chi connectivity index (χ0v) is 15.8. The third-order valence-electron chi connectivity index (χ3n) is 4.21. The second kappa shape index (κ2) is 5.64. The average Bonchev–Trinajstić information content (AvgIpc) is 3.11. The van der Waals surface area contributed by atoms with Gasteiger partial charge in [0.25, 0.3) is 0 Å². The van der Waals surface area contributed by atoms with Gasteiger partial charge in [-0.05, 0) is 45.9 Å². The quantitative estimate of drug-likeness (QED) is 0.476. The number of halogens is 2. The van der Waals surface area contributed by atoms with Crippen LogP contribution >= 0.6 is 23.2 Å². The molecular weight excluding hydrogens is 359 g/mol. The van der Waals surface area contributed by atoms with E-state index in [-0.39, 0.29) is 0 Å². The van der Waals surface area contributed by atoms with Gasteiger partial charge in [-0.25, -0.2) is 4.98 Å². The molecule has 4 rings (SSSR count). The number of nitrogens with zero attached hydrogens (tertiary/aromatic N) is 4. The van der Waals surface area contributed by atoms with Crippen LogP contribution < -0.4 is 0 Å². The Labute approximate surface area is 154 Å². The Morgan fingerprint density at radius 3 is 2.48 bits per heavy atom. The predicted molar refractivity (Wildman–Crippen MR) is 99.0 cm³/mol.